The number of aromatic nitrogens is 3. The van der Waals surface area contributed by atoms with E-state index in [4.69, 9.17) is 4.74 Å². The Bertz CT molecular complexity index is 1080. The molecule has 2 aromatic rings. The summed E-state index contributed by atoms with van der Waals surface area (Å²) >= 11 is 0. The van der Waals surface area contributed by atoms with Crippen molar-refractivity contribution in [3.8, 4) is 17.3 Å². The molecule has 4 heterocycles. The number of likely N-dealkylation sites (tertiary alicyclic amines) is 1. The molecule has 12 heteroatoms. The Hall–Kier alpha value is -3.15. The van der Waals surface area contributed by atoms with Gasteiger partial charge in [0.2, 0.25) is 5.88 Å². The summed E-state index contributed by atoms with van der Waals surface area (Å²) in [6.07, 6.45) is 6.57. The molecule has 2 saturated heterocycles. The van der Waals surface area contributed by atoms with Gasteiger partial charge in [0.1, 0.15) is 17.2 Å². The first-order chi connectivity index (χ1) is 17.4. The van der Waals surface area contributed by atoms with Crippen LogP contribution in [0.3, 0.4) is 0 Å². The molecular formula is C24H29F3N6O3. The molecule has 0 radical (unpaired) electrons. The van der Waals surface area contributed by atoms with Crippen molar-refractivity contribution in [2.24, 2.45) is 5.41 Å². The molecule has 2 aromatic heterocycles. The van der Waals surface area contributed by atoms with Crippen LogP contribution in [0.2, 0.25) is 0 Å². The Morgan fingerprint density at radius 2 is 1.92 bits per heavy atom. The van der Waals surface area contributed by atoms with E-state index in [0.717, 1.165) is 57.8 Å². The third-order valence-electron chi connectivity index (χ3n) is 7.34. The molecule has 3 aliphatic rings. The molecule has 5 rings (SSSR count). The monoisotopic (exact) mass is 506 g/mol. The minimum atomic E-state index is -2.99. The summed E-state index contributed by atoms with van der Waals surface area (Å²) in [5, 5.41) is 0. The van der Waals surface area contributed by atoms with Crippen LogP contribution in [0.5, 0.6) is 5.88 Å². The van der Waals surface area contributed by atoms with E-state index < -0.39 is 12.4 Å². The molecule has 3 fully saturated rings. The zero-order valence-corrected chi connectivity index (χ0v) is 20.1. The molecule has 0 unspecified atom stereocenters. The number of hydrogen-bond donors (Lipinski definition) is 0. The van der Waals surface area contributed by atoms with E-state index in [2.05, 4.69) is 29.5 Å². The number of carbonyl (C=O) groups is 1. The van der Waals surface area contributed by atoms with Gasteiger partial charge in [-0.1, -0.05) is 0 Å². The van der Waals surface area contributed by atoms with Gasteiger partial charge in [-0.25, -0.2) is 24.1 Å². The standard InChI is InChI=1S/C24H29F3N6O3/c1-2-35-23(34)33-14-24(15-33)4-3-17(10-24)31-5-7-32(8-6-31)19-9-16(25)11-30-21(19)18-12-29-20(13-28-18)36-22(26)27/h9,11-13,17,22H,2-8,10,14-15H2,1H3/t17-/m1/s1. The van der Waals surface area contributed by atoms with E-state index in [-0.39, 0.29) is 17.4 Å². The highest BCUT2D eigenvalue weighted by atomic mass is 19.3. The Labute approximate surface area is 207 Å². The van der Waals surface area contributed by atoms with E-state index >= 15 is 0 Å². The van der Waals surface area contributed by atoms with Crippen molar-refractivity contribution >= 4 is 11.8 Å². The van der Waals surface area contributed by atoms with Gasteiger partial charge >= 0.3 is 12.7 Å². The van der Waals surface area contributed by atoms with E-state index in [1.165, 1.54) is 12.3 Å². The molecule has 1 atom stereocenters. The van der Waals surface area contributed by atoms with Gasteiger partial charge in [0.25, 0.3) is 0 Å². The number of anilines is 1. The van der Waals surface area contributed by atoms with Crippen molar-refractivity contribution in [1.29, 1.82) is 0 Å². The second kappa shape index (κ2) is 10.1. The van der Waals surface area contributed by atoms with Crippen molar-refractivity contribution in [1.82, 2.24) is 24.8 Å². The minimum absolute atomic E-state index is 0.201. The molecule has 0 N–H and O–H groups in total. The highest BCUT2D eigenvalue weighted by molar-refractivity contribution is 5.72. The molecule has 9 nitrogen and oxygen atoms in total. The van der Waals surface area contributed by atoms with Gasteiger partial charge in [0.15, 0.2) is 0 Å². The smallest absolute Gasteiger partial charge is 0.409 e. The third kappa shape index (κ3) is 5.04. The van der Waals surface area contributed by atoms with Gasteiger partial charge in [-0.05, 0) is 26.2 Å². The predicted octanol–water partition coefficient (Wildman–Crippen LogP) is 3.41. The van der Waals surface area contributed by atoms with Gasteiger partial charge in [0, 0.05) is 56.8 Å². The summed E-state index contributed by atoms with van der Waals surface area (Å²) < 4.78 is 48.3. The Balaban J connectivity index is 1.20. The highest BCUT2D eigenvalue weighted by Crippen LogP contribution is 2.47. The molecule has 1 amide bonds. The lowest BCUT2D eigenvalue weighted by molar-refractivity contribution is -0.0531. The van der Waals surface area contributed by atoms with E-state index in [0.29, 0.717) is 42.8 Å². The SMILES string of the molecule is CCOC(=O)N1CC2(CC[C@@H](N3CCN(c4cc(F)cnc4-c4cnc(OC(F)F)cn4)CC3)C2)C1. The third-order valence-corrected chi connectivity index (χ3v) is 7.34. The van der Waals surface area contributed by atoms with Gasteiger partial charge < -0.3 is 19.3 Å². The maximum atomic E-state index is 14.1. The van der Waals surface area contributed by atoms with Crippen molar-refractivity contribution in [3.63, 3.8) is 0 Å². The second-order valence-corrected chi connectivity index (χ2v) is 9.61. The van der Waals surface area contributed by atoms with Gasteiger partial charge in [0.05, 0.1) is 30.9 Å². The fourth-order valence-corrected chi connectivity index (χ4v) is 5.67. The number of pyridine rings is 1. The van der Waals surface area contributed by atoms with Crippen molar-refractivity contribution in [2.75, 3.05) is 50.8 Å². The summed E-state index contributed by atoms with van der Waals surface area (Å²) in [5.41, 5.74) is 1.59. The molecule has 1 aliphatic carbocycles. The summed E-state index contributed by atoms with van der Waals surface area (Å²) in [6.45, 7) is 3.78. The maximum absolute atomic E-state index is 14.1. The highest BCUT2D eigenvalue weighted by Gasteiger charge is 2.51. The molecule has 0 aromatic carbocycles. The molecule has 1 spiro atoms. The lowest BCUT2D eigenvalue weighted by Crippen LogP contribution is -2.58. The van der Waals surface area contributed by atoms with Crippen molar-refractivity contribution in [2.45, 2.75) is 38.8 Å². The molecule has 194 valence electrons. The Kier molecular flexibility index (Phi) is 6.87. The number of halogens is 3. The molecule has 0 bridgehead atoms. The first-order valence-corrected chi connectivity index (χ1v) is 12.2. The second-order valence-electron chi connectivity index (χ2n) is 9.61. The van der Waals surface area contributed by atoms with Gasteiger partial charge in [-0.2, -0.15) is 8.78 Å². The van der Waals surface area contributed by atoms with Crippen LogP contribution in [-0.4, -0.2) is 89.4 Å². The zero-order valence-electron chi connectivity index (χ0n) is 20.1. The molecule has 2 aliphatic heterocycles. The summed E-state index contributed by atoms with van der Waals surface area (Å²) in [6, 6.07) is 1.89. The first kappa shape index (κ1) is 24.5. The lowest BCUT2D eigenvalue weighted by Gasteiger charge is -2.48. The average molecular weight is 507 g/mol. The lowest BCUT2D eigenvalue weighted by atomic mass is 9.78. The van der Waals surface area contributed by atoms with Crippen LogP contribution >= 0.6 is 0 Å². The number of rotatable bonds is 6. The van der Waals surface area contributed by atoms with Crippen LogP contribution in [0.1, 0.15) is 26.2 Å². The molecule has 36 heavy (non-hydrogen) atoms. The number of piperazine rings is 1. The first-order valence-electron chi connectivity index (χ1n) is 12.2. The maximum Gasteiger partial charge on any atom is 0.409 e. The van der Waals surface area contributed by atoms with Crippen LogP contribution in [-0.2, 0) is 4.74 Å². The Morgan fingerprint density at radius 3 is 2.58 bits per heavy atom. The van der Waals surface area contributed by atoms with Crippen molar-refractivity contribution in [3.05, 3.63) is 30.5 Å². The van der Waals surface area contributed by atoms with Crippen LogP contribution < -0.4 is 9.64 Å². The number of amides is 1. The number of ether oxygens (including phenoxy) is 2. The number of carbonyl (C=O) groups excluding carboxylic acids is 1. The van der Waals surface area contributed by atoms with Crippen LogP contribution in [0.4, 0.5) is 23.7 Å². The number of alkyl halides is 2. The van der Waals surface area contributed by atoms with E-state index in [1.54, 1.807) is 4.90 Å². The van der Waals surface area contributed by atoms with E-state index in [1.807, 2.05) is 6.92 Å². The minimum Gasteiger partial charge on any atom is -0.450 e. The Morgan fingerprint density at radius 1 is 1.14 bits per heavy atom. The summed E-state index contributed by atoms with van der Waals surface area (Å²) in [5.74, 6) is -0.757. The summed E-state index contributed by atoms with van der Waals surface area (Å²) in [4.78, 5) is 30.5. The quantitative estimate of drug-likeness (QED) is 0.590. The van der Waals surface area contributed by atoms with Crippen LogP contribution in [0, 0.1) is 11.2 Å². The fraction of sp³-hybridized carbons (Fsp3) is 0.583. The largest absolute Gasteiger partial charge is 0.450 e. The van der Waals surface area contributed by atoms with Gasteiger partial charge in [-0.15, -0.1) is 0 Å². The van der Waals surface area contributed by atoms with Crippen LogP contribution in [0.15, 0.2) is 24.7 Å². The zero-order chi connectivity index (χ0) is 25.3. The van der Waals surface area contributed by atoms with Gasteiger partial charge in [-0.3, -0.25) is 4.90 Å². The normalized spacial score (nSPS) is 21.6. The summed E-state index contributed by atoms with van der Waals surface area (Å²) in [7, 11) is 0. The van der Waals surface area contributed by atoms with Crippen molar-refractivity contribution < 1.29 is 27.4 Å². The molecule has 1 saturated carbocycles. The van der Waals surface area contributed by atoms with E-state index in [9.17, 15) is 18.0 Å². The fourth-order valence-electron chi connectivity index (χ4n) is 5.67. The topological polar surface area (TPSA) is 83.9 Å². The number of nitrogens with zero attached hydrogens (tertiary/aromatic N) is 6. The van der Waals surface area contributed by atoms with Crippen LogP contribution in [0.25, 0.3) is 11.4 Å². The molecular weight excluding hydrogens is 477 g/mol. The predicted molar refractivity (Wildman–Crippen MR) is 124 cm³/mol. The average Bonchev–Trinajstić information content (AvgIpc) is 3.30. The number of hydrogen-bond acceptors (Lipinski definition) is 8.